The van der Waals surface area contributed by atoms with Crippen LogP contribution in [0.2, 0.25) is 5.02 Å². The maximum Gasteiger partial charge on any atom is 0.253 e. The monoisotopic (exact) mass is 395 g/mol. The number of rotatable bonds is 6. The first-order valence-electron chi connectivity index (χ1n) is 9.35. The molecule has 0 aliphatic rings. The third-order valence-corrected chi connectivity index (χ3v) is 4.99. The Balaban J connectivity index is 2.07. The first-order chi connectivity index (χ1) is 13.4. The zero-order chi connectivity index (χ0) is 20.3. The van der Waals surface area contributed by atoms with Gasteiger partial charge in [-0.15, -0.1) is 0 Å². The largest absolute Gasteiger partial charge is 0.351 e. The van der Waals surface area contributed by atoms with Crippen LogP contribution in [0.4, 0.5) is 0 Å². The van der Waals surface area contributed by atoms with E-state index in [0.717, 1.165) is 29.2 Å². The van der Waals surface area contributed by atoms with Crippen LogP contribution >= 0.6 is 11.6 Å². The molecule has 0 atom stereocenters. The lowest BCUT2D eigenvalue weighted by atomic mass is 10.1. The van der Waals surface area contributed by atoms with Crippen LogP contribution in [-0.2, 0) is 0 Å². The predicted molar refractivity (Wildman–Crippen MR) is 117 cm³/mol. The SMILES string of the molecule is Cc1cccc(-n2c(-c3ccc(Cl)cc3)cc(C(=O)NCCN(C)C)c2C)c1. The van der Waals surface area contributed by atoms with Crippen LogP contribution in [0.3, 0.4) is 0 Å². The van der Waals surface area contributed by atoms with Gasteiger partial charge in [0.25, 0.3) is 5.91 Å². The van der Waals surface area contributed by atoms with Crippen LogP contribution in [-0.4, -0.2) is 42.6 Å². The van der Waals surface area contributed by atoms with Crippen LogP contribution in [0.15, 0.2) is 54.6 Å². The molecule has 4 nitrogen and oxygen atoms in total. The van der Waals surface area contributed by atoms with E-state index in [-0.39, 0.29) is 5.91 Å². The molecule has 0 unspecified atom stereocenters. The van der Waals surface area contributed by atoms with Crippen LogP contribution in [0, 0.1) is 13.8 Å². The zero-order valence-electron chi connectivity index (χ0n) is 16.8. The molecule has 0 aliphatic heterocycles. The number of carbonyl (C=O) groups is 1. The van der Waals surface area contributed by atoms with E-state index in [4.69, 9.17) is 11.6 Å². The molecule has 0 saturated heterocycles. The number of hydrogen-bond donors (Lipinski definition) is 1. The number of nitrogens with zero attached hydrogens (tertiary/aromatic N) is 2. The molecule has 0 fully saturated rings. The van der Waals surface area contributed by atoms with Gasteiger partial charge in [0.2, 0.25) is 0 Å². The Morgan fingerprint density at radius 2 is 1.79 bits per heavy atom. The molecule has 0 radical (unpaired) electrons. The minimum Gasteiger partial charge on any atom is -0.351 e. The van der Waals surface area contributed by atoms with E-state index in [1.165, 1.54) is 5.56 Å². The van der Waals surface area contributed by atoms with Crippen molar-refractivity contribution in [1.29, 1.82) is 0 Å². The van der Waals surface area contributed by atoms with Crippen molar-refractivity contribution in [3.63, 3.8) is 0 Å². The summed E-state index contributed by atoms with van der Waals surface area (Å²) in [6.45, 7) is 5.46. The van der Waals surface area contributed by atoms with E-state index in [1.807, 2.05) is 62.3 Å². The van der Waals surface area contributed by atoms with Gasteiger partial charge in [-0.05, 0) is 69.4 Å². The highest BCUT2D eigenvalue weighted by Crippen LogP contribution is 2.30. The summed E-state index contributed by atoms with van der Waals surface area (Å²) in [5, 5.41) is 3.71. The van der Waals surface area contributed by atoms with Gasteiger partial charge in [-0.2, -0.15) is 0 Å². The summed E-state index contributed by atoms with van der Waals surface area (Å²) in [4.78, 5) is 14.9. The Morgan fingerprint density at radius 1 is 1.07 bits per heavy atom. The van der Waals surface area contributed by atoms with E-state index in [0.29, 0.717) is 17.1 Å². The van der Waals surface area contributed by atoms with E-state index in [1.54, 1.807) is 0 Å². The Labute approximate surface area is 171 Å². The third-order valence-electron chi connectivity index (χ3n) is 4.74. The molecule has 2 aromatic carbocycles. The molecule has 0 saturated carbocycles. The molecule has 1 amide bonds. The average molecular weight is 396 g/mol. The zero-order valence-corrected chi connectivity index (χ0v) is 17.5. The number of benzene rings is 2. The van der Waals surface area contributed by atoms with Crippen molar-refractivity contribution < 1.29 is 4.79 Å². The van der Waals surface area contributed by atoms with Gasteiger partial charge in [0.15, 0.2) is 0 Å². The van der Waals surface area contributed by atoms with Gasteiger partial charge in [-0.1, -0.05) is 35.9 Å². The summed E-state index contributed by atoms with van der Waals surface area (Å²) in [5.41, 5.74) is 5.79. The molecule has 1 N–H and O–H groups in total. The number of aryl methyl sites for hydroxylation is 1. The number of likely N-dealkylation sites (N-methyl/N-ethyl adjacent to an activating group) is 1. The molecule has 1 heterocycles. The van der Waals surface area contributed by atoms with Crippen LogP contribution in [0.1, 0.15) is 21.6 Å². The van der Waals surface area contributed by atoms with Crippen molar-refractivity contribution in [3.05, 3.63) is 76.4 Å². The number of nitrogens with one attached hydrogen (secondary N) is 1. The number of amides is 1. The highest BCUT2D eigenvalue weighted by Gasteiger charge is 2.19. The summed E-state index contributed by atoms with van der Waals surface area (Å²) in [6.07, 6.45) is 0. The molecule has 1 aromatic heterocycles. The lowest BCUT2D eigenvalue weighted by Crippen LogP contribution is -2.31. The maximum absolute atomic E-state index is 12.8. The van der Waals surface area contributed by atoms with Gasteiger partial charge in [0, 0.05) is 29.5 Å². The molecule has 0 spiro atoms. The summed E-state index contributed by atoms with van der Waals surface area (Å²) < 4.78 is 2.14. The molecule has 3 rings (SSSR count). The lowest BCUT2D eigenvalue weighted by Gasteiger charge is -2.13. The Bertz CT molecular complexity index is 974. The topological polar surface area (TPSA) is 37.3 Å². The van der Waals surface area contributed by atoms with Crippen LogP contribution < -0.4 is 5.32 Å². The number of aromatic nitrogens is 1. The number of hydrogen-bond acceptors (Lipinski definition) is 2. The summed E-state index contributed by atoms with van der Waals surface area (Å²) >= 11 is 6.07. The number of carbonyl (C=O) groups excluding carboxylic acids is 1. The smallest absolute Gasteiger partial charge is 0.253 e. The fourth-order valence-corrected chi connectivity index (χ4v) is 3.38. The highest BCUT2D eigenvalue weighted by molar-refractivity contribution is 6.30. The van der Waals surface area contributed by atoms with Gasteiger partial charge >= 0.3 is 0 Å². The Morgan fingerprint density at radius 3 is 2.43 bits per heavy atom. The first kappa shape index (κ1) is 20.2. The van der Waals surface area contributed by atoms with E-state index in [9.17, 15) is 4.79 Å². The van der Waals surface area contributed by atoms with Crippen molar-refractivity contribution in [2.24, 2.45) is 0 Å². The van der Waals surface area contributed by atoms with E-state index < -0.39 is 0 Å². The van der Waals surface area contributed by atoms with Gasteiger partial charge in [0.1, 0.15) is 0 Å². The first-order valence-corrected chi connectivity index (χ1v) is 9.73. The summed E-state index contributed by atoms with van der Waals surface area (Å²) in [6, 6.07) is 18.0. The Kier molecular flexibility index (Phi) is 6.22. The van der Waals surface area contributed by atoms with Crippen molar-refractivity contribution in [2.45, 2.75) is 13.8 Å². The van der Waals surface area contributed by atoms with Crippen LogP contribution in [0.5, 0.6) is 0 Å². The number of halogens is 1. The van der Waals surface area contributed by atoms with Crippen molar-refractivity contribution >= 4 is 17.5 Å². The van der Waals surface area contributed by atoms with Crippen molar-refractivity contribution in [2.75, 3.05) is 27.2 Å². The normalized spacial score (nSPS) is 11.1. The molecule has 0 bridgehead atoms. The highest BCUT2D eigenvalue weighted by atomic mass is 35.5. The van der Waals surface area contributed by atoms with Crippen molar-refractivity contribution in [3.8, 4) is 16.9 Å². The third kappa shape index (κ3) is 4.46. The average Bonchev–Trinajstić information content (AvgIpc) is 2.99. The Hall–Kier alpha value is -2.56. The lowest BCUT2D eigenvalue weighted by molar-refractivity contribution is 0.0950. The van der Waals surface area contributed by atoms with E-state index >= 15 is 0 Å². The molecule has 146 valence electrons. The minimum absolute atomic E-state index is 0.0547. The second-order valence-corrected chi connectivity index (χ2v) is 7.71. The molecular weight excluding hydrogens is 370 g/mol. The van der Waals surface area contributed by atoms with E-state index in [2.05, 4.69) is 35.0 Å². The quantitative estimate of drug-likeness (QED) is 0.656. The van der Waals surface area contributed by atoms with Crippen molar-refractivity contribution in [1.82, 2.24) is 14.8 Å². The molecule has 3 aromatic rings. The van der Waals surface area contributed by atoms with Gasteiger partial charge < -0.3 is 14.8 Å². The summed E-state index contributed by atoms with van der Waals surface area (Å²) in [5.74, 6) is -0.0547. The molecule has 5 heteroatoms. The van der Waals surface area contributed by atoms with Crippen LogP contribution in [0.25, 0.3) is 16.9 Å². The molecule has 28 heavy (non-hydrogen) atoms. The predicted octanol–water partition coefficient (Wildman–Crippen LogP) is 4.71. The second kappa shape index (κ2) is 8.63. The molecular formula is C23H26ClN3O. The summed E-state index contributed by atoms with van der Waals surface area (Å²) in [7, 11) is 3.98. The maximum atomic E-state index is 12.8. The van der Waals surface area contributed by atoms with Gasteiger partial charge in [0.05, 0.1) is 11.3 Å². The van der Waals surface area contributed by atoms with Gasteiger partial charge in [-0.25, -0.2) is 0 Å². The fraction of sp³-hybridized carbons (Fsp3) is 0.261. The minimum atomic E-state index is -0.0547. The molecule has 0 aliphatic carbocycles. The fourth-order valence-electron chi connectivity index (χ4n) is 3.26. The van der Waals surface area contributed by atoms with Gasteiger partial charge in [-0.3, -0.25) is 4.79 Å². The second-order valence-electron chi connectivity index (χ2n) is 7.27. The standard InChI is InChI=1S/C23H26ClN3O/c1-16-6-5-7-20(14-16)27-17(2)21(23(28)25-12-13-26(3)4)15-22(27)18-8-10-19(24)11-9-18/h5-11,14-15H,12-13H2,1-4H3,(H,25,28).